The van der Waals surface area contributed by atoms with E-state index in [4.69, 9.17) is 10.5 Å². The van der Waals surface area contributed by atoms with Gasteiger partial charge in [-0.2, -0.15) is 0 Å². The summed E-state index contributed by atoms with van der Waals surface area (Å²) in [5.41, 5.74) is 7.31. The number of ether oxygens (including phenoxy) is 1. The number of esters is 1. The molecule has 0 unspecified atom stereocenters. The van der Waals surface area contributed by atoms with Gasteiger partial charge in [0.15, 0.2) is 0 Å². The molecule has 0 amide bonds. The Bertz CT molecular complexity index is 404. The van der Waals surface area contributed by atoms with Crippen molar-refractivity contribution in [2.75, 3.05) is 12.3 Å². The highest BCUT2D eigenvalue weighted by Crippen LogP contribution is 2.12. The quantitative estimate of drug-likeness (QED) is 0.371. The Morgan fingerprint density at radius 3 is 2.29 bits per heavy atom. The van der Waals surface area contributed by atoms with Crippen LogP contribution in [0.5, 0.6) is 0 Å². The van der Waals surface area contributed by atoms with E-state index in [1.54, 1.807) is 6.07 Å². The second-order valence-electron chi connectivity index (χ2n) is 5.57. The Morgan fingerprint density at radius 2 is 1.62 bits per heavy atom. The van der Waals surface area contributed by atoms with Gasteiger partial charge in [0.05, 0.1) is 13.0 Å². The van der Waals surface area contributed by atoms with Gasteiger partial charge in [-0.05, 0) is 18.1 Å². The number of carbonyl (C=O) groups excluding carboxylic acids is 1. The van der Waals surface area contributed by atoms with Gasteiger partial charge >= 0.3 is 5.97 Å². The molecule has 1 rings (SSSR count). The second kappa shape index (κ2) is 11.2. The SMILES string of the molecule is CCCCCCCCCCOC(=O)Cc1ccccc1N. The molecule has 0 aromatic heterocycles. The number of hydrogen-bond acceptors (Lipinski definition) is 3. The third-order valence-electron chi connectivity index (χ3n) is 3.65. The topological polar surface area (TPSA) is 52.3 Å². The van der Waals surface area contributed by atoms with Gasteiger partial charge in [0.25, 0.3) is 0 Å². The first kappa shape index (κ1) is 17.5. The van der Waals surface area contributed by atoms with Gasteiger partial charge in [-0.3, -0.25) is 4.79 Å². The van der Waals surface area contributed by atoms with Crippen LogP contribution in [0.2, 0.25) is 0 Å². The van der Waals surface area contributed by atoms with Crippen LogP contribution in [0.4, 0.5) is 5.69 Å². The summed E-state index contributed by atoms with van der Waals surface area (Å²) in [6.45, 7) is 2.76. The molecule has 0 spiro atoms. The molecule has 0 aliphatic carbocycles. The molecule has 0 saturated carbocycles. The Balaban J connectivity index is 2.00. The summed E-state index contributed by atoms with van der Waals surface area (Å²) in [5, 5.41) is 0. The summed E-state index contributed by atoms with van der Waals surface area (Å²) >= 11 is 0. The average molecular weight is 291 g/mol. The first-order chi connectivity index (χ1) is 10.2. The minimum atomic E-state index is -0.184. The number of hydrogen-bond donors (Lipinski definition) is 1. The van der Waals surface area contributed by atoms with Gasteiger partial charge < -0.3 is 10.5 Å². The monoisotopic (exact) mass is 291 g/mol. The molecular weight excluding hydrogens is 262 g/mol. The first-order valence-electron chi connectivity index (χ1n) is 8.23. The lowest BCUT2D eigenvalue weighted by molar-refractivity contribution is -0.142. The molecule has 0 radical (unpaired) electrons. The number of rotatable bonds is 11. The average Bonchev–Trinajstić information content (AvgIpc) is 2.48. The Morgan fingerprint density at radius 1 is 1.00 bits per heavy atom. The number of anilines is 1. The molecule has 0 bridgehead atoms. The minimum Gasteiger partial charge on any atom is -0.465 e. The van der Waals surface area contributed by atoms with Crippen LogP contribution in [0.25, 0.3) is 0 Å². The van der Waals surface area contributed by atoms with E-state index >= 15 is 0 Å². The van der Waals surface area contributed by atoms with E-state index in [0.29, 0.717) is 12.3 Å². The molecule has 0 aliphatic heterocycles. The maximum absolute atomic E-state index is 11.7. The molecule has 0 atom stereocenters. The third-order valence-corrected chi connectivity index (χ3v) is 3.65. The summed E-state index contributed by atoms with van der Waals surface area (Å²) in [6.07, 6.45) is 10.2. The molecule has 21 heavy (non-hydrogen) atoms. The highest BCUT2D eigenvalue weighted by molar-refractivity contribution is 5.74. The number of nitrogen functional groups attached to an aromatic ring is 1. The lowest BCUT2D eigenvalue weighted by Crippen LogP contribution is -2.10. The molecule has 0 aliphatic rings. The van der Waals surface area contributed by atoms with Crippen LogP contribution in [0, 0.1) is 0 Å². The predicted octanol–water partition coefficient (Wildman–Crippen LogP) is 4.50. The molecular formula is C18H29NO2. The zero-order valence-corrected chi connectivity index (χ0v) is 13.3. The summed E-state index contributed by atoms with van der Waals surface area (Å²) in [7, 11) is 0. The first-order valence-corrected chi connectivity index (χ1v) is 8.23. The molecule has 3 heteroatoms. The van der Waals surface area contributed by atoms with Gasteiger partial charge in [0.2, 0.25) is 0 Å². The number of para-hydroxylation sites is 1. The van der Waals surface area contributed by atoms with Gasteiger partial charge in [-0.1, -0.05) is 70.1 Å². The van der Waals surface area contributed by atoms with E-state index in [0.717, 1.165) is 18.4 Å². The fourth-order valence-electron chi connectivity index (χ4n) is 2.32. The van der Waals surface area contributed by atoms with Gasteiger partial charge in [0, 0.05) is 5.69 Å². The van der Waals surface area contributed by atoms with Crippen molar-refractivity contribution >= 4 is 11.7 Å². The van der Waals surface area contributed by atoms with Crippen molar-refractivity contribution in [3.8, 4) is 0 Å². The molecule has 1 aromatic rings. The fourth-order valence-corrected chi connectivity index (χ4v) is 2.32. The van der Waals surface area contributed by atoms with Crippen LogP contribution >= 0.6 is 0 Å². The smallest absolute Gasteiger partial charge is 0.310 e. The number of carbonyl (C=O) groups is 1. The van der Waals surface area contributed by atoms with Crippen molar-refractivity contribution in [1.29, 1.82) is 0 Å². The molecule has 0 heterocycles. The van der Waals surface area contributed by atoms with Crippen molar-refractivity contribution in [3.63, 3.8) is 0 Å². The van der Waals surface area contributed by atoms with Crippen LogP contribution < -0.4 is 5.73 Å². The molecule has 118 valence electrons. The van der Waals surface area contributed by atoms with E-state index in [-0.39, 0.29) is 12.4 Å². The summed E-state index contributed by atoms with van der Waals surface area (Å²) in [4.78, 5) is 11.7. The van der Waals surface area contributed by atoms with Crippen LogP contribution in [0.1, 0.15) is 63.9 Å². The maximum Gasteiger partial charge on any atom is 0.310 e. The summed E-state index contributed by atoms with van der Waals surface area (Å²) < 4.78 is 5.25. The second-order valence-corrected chi connectivity index (χ2v) is 5.57. The van der Waals surface area contributed by atoms with Crippen molar-refractivity contribution in [2.24, 2.45) is 0 Å². The minimum absolute atomic E-state index is 0.184. The Kier molecular flexibility index (Phi) is 9.34. The van der Waals surface area contributed by atoms with E-state index < -0.39 is 0 Å². The Labute approximate surface area is 128 Å². The van der Waals surface area contributed by atoms with Crippen molar-refractivity contribution in [2.45, 2.75) is 64.7 Å². The van der Waals surface area contributed by atoms with Crippen LogP contribution in [0.15, 0.2) is 24.3 Å². The van der Waals surface area contributed by atoms with Crippen LogP contribution in [-0.2, 0) is 16.0 Å². The fraction of sp³-hybridized carbons (Fsp3) is 0.611. The normalized spacial score (nSPS) is 10.5. The van der Waals surface area contributed by atoms with Crippen LogP contribution in [-0.4, -0.2) is 12.6 Å². The highest BCUT2D eigenvalue weighted by Gasteiger charge is 2.06. The molecule has 3 nitrogen and oxygen atoms in total. The summed E-state index contributed by atoms with van der Waals surface area (Å²) in [6, 6.07) is 7.43. The van der Waals surface area contributed by atoms with Crippen molar-refractivity contribution in [1.82, 2.24) is 0 Å². The zero-order chi connectivity index (χ0) is 15.3. The van der Waals surface area contributed by atoms with E-state index in [2.05, 4.69) is 6.92 Å². The Hall–Kier alpha value is -1.51. The number of unbranched alkanes of at least 4 members (excludes halogenated alkanes) is 7. The molecule has 1 aromatic carbocycles. The number of nitrogens with two attached hydrogens (primary N) is 1. The molecule has 0 saturated heterocycles. The van der Waals surface area contributed by atoms with Gasteiger partial charge in [-0.15, -0.1) is 0 Å². The van der Waals surface area contributed by atoms with Crippen molar-refractivity contribution in [3.05, 3.63) is 29.8 Å². The summed E-state index contributed by atoms with van der Waals surface area (Å²) in [5.74, 6) is -0.184. The largest absolute Gasteiger partial charge is 0.465 e. The lowest BCUT2D eigenvalue weighted by atomic mass is 10.1. The van der Waals surface area contributed by atoms with Gasteiger partial charge in [0.1, 0.15) is 0 Å². The zero-order valence-electron chi connectivity index (χ0n) is 13.3. The van der Waals surface area contributed by atoms with Crippen LogP contribution in [0.3, 0.4) is 0 Å². The maximum atomic E-state index is 11.7. The van der Waals surface area contributed by atoms with E-state index in [9.17, 15) is 4.79 Å². The third kappa shape index (κ3) is 8.38. The van der Waals surface area contributed by atoms with Gasteiger partial charge in [-0.25, -0.2) is 0 Å². The molecule has 2 N–H and O–H groups in total. The predicted molar refractivity (Wildman–Crippen MR) is 88.1 cm³/mol. The molecule has 0 fully saturated rings. The van der Waals surface area contributed by atoms with E-state index in [1.165, 1.54) is 38.5 Å². The highest BCUT2D eigenvalue weighted by atomic mass is 16.5. The number of benzene rings is 1. The van der Waals surface area contributed by atoms with Crippen molar-refractivity contribution < 1.29 is 9.53 Å². The van der Waals surface area contributed by atoms with E-state index in [1.807, 2.05) is 18.2 Å². The lowest BCUT2D eigenvalue weighted by Gasteiger charge is -2.07. The standard InChI is InChI=1S/C18H29NO2/c1-2-3-4-5-6-7-8-11-14-21-18(20)15-16-12-9-10-13-17(16)19/h9-10,12-13H,2-8,11,14-15,19H2,1H3.